The first-order valence-electron chi connectivity index (χ1n) is 12.0. The highest BCUT2D eigenvalue weighted by Gasteiger charge is 2.36. The number of nitrogens with zero attached hydrogens (tertiary/aromatic N) is 1. The van der Waals surface area contributed by atoms with Crippen LogP contribution >= 0.6 is 11.6 Å². The molecule has 36 heavy (non-hydrogen) atoms. The van der Waals surface area contributed by atoms with Gasteiger partial charge in [0.1, 0.15) is 6.10 Å². The van der Waals surface area contributed by atoms with Crippen molar-refractivity contribution in [2.45, 2.75) is 63.5 Å². The van der Waals surface area contributed by atoms with Gasteiger partial charge in [-0.1, -0.05) is 54.1 Å². The van der Waals surface area contributed by atoms with Gasteiger partial charge in [-0.05, 0) is 43.0 Å². The molecule has 1 fully saturated rings. The lowest BCUT2D eigenvalue weighted by atomic mass is 9.91. The fourth-order valence-electron chi connectivity index (χ4n) is 4.26. The van der Waals surface area contributed by atoms with Crippen molar-refractivity contribution in [1.82, 2.24) is 10.2 Å². The van der Waals surface area contributed by atoms with Crippen molar-refractivity contribution in [2.24, 2.45) is 5.92 Å². The summed E-state index contributed by atoms with van der Waals surface area (Å²) in [5.74, 6) is -2.14. The number of nitrogens with one attached hydrogen (secondary N) is 1. The minimum atomic E-state index is -1.27. The average Bonchev–Trinajstić information content (AvgIpc) is 2.88. The minimum Gasteiger partial charge on any atom is -0.455 e. The molecule has 9 heteroatoms. The van der Waals surface area contributed by atoms with E-state index >= 15 is 0 Å². The van der Waals surface area contributed by atoms with Crippen LogP contribution in [0, 0.1) is 5.92 Å². The predicted molar refractivity (Wildman–Crippen MR) is 135 cm³/mol. The second-order valence-corrected chi connectivity index (χ2v) is 9.66. The molecular weight excluding hydrogens is 484 g/mol. The van der Waals surface area contributed by atoms with Gasteiger partial charge in [0.2, 0.25) is 11.8 Å². The lowest BCUT2D eigenvalue weighted by molar-refractivity contribution is -0.159. The monoisotopic (exact) mass is 516 g/mol. The number of rotatable bonds is 5. The normalized spacial score (nSPS) is 25.9. The van der Waals surface area contributed by atoms with Gasteiger partial charge in [-0.3, -0.25) is 14.4 Å². The summed E-state index contributed by atoms with van der Waals surface area (Å²) >= 11 is 5.90. The minimum absolute atomic E-state index is 0.0184. The highest BCUT2D eigenvalue weighted by molar-refractivity contribution is 6.30. The van der Waals surface area contributed by atoms with E-state index in [2.05, 4.69) is 5.32 Å². The van der Waals surface area contributed by atoms with Crippen LogP contribution < -0.4 is 5.32 Å². The largest absolute Gasteiger partial charge is 0.455 e. The molecule has 3 N–H and O–H groups in total. The number of esters is 1. The Labute approximate surface area is 216 Å². The molecule has 1 aliphatic heterocycles. The topological polar surface area (TPSA) is 116 Å². The first-order chi connectivity index (χ1) is 17.2. The molecule has 1 heterocycles. The van der Waals surface area contributed by atoms with Crippen molar-refractivity contribution in [1.29, 1.82) is 0 Å². The molecule has 3 rings (SSSR count). The molecule has 0 aromatic heterocycles. The summed E-state index contributed by atoms with van der Waals surface area (Å²) in [6, 6.07) is 15.6. The van der Waals surface area contributed by atoms with Crippen LogP contribution in [0.3, 0.4) is 0 Å². The maximum atomic E-state index is 13.5. The van der Waals surface area contributed by atoms with Crippen molar-refractivity contribution in [3.63, 3.8) is 0 Å². The third-order valence-electron chi connectivity index (χ3n) is 6.58. The summed E-state index contributed by atoms with van der Waals surface area (Å²) in [5, 5.41) is 24.3. The first kappa shape index (κ1) is 27.6. The predicted octanol–water partition coefficient (Wildman–Crippen LogP) is 3.00. The van der Waals surface area contributed by atoms with Gasteiger partial charge in [-0.25, -0.2) is 0 Å². The highest BCUT2D eigenvalue weighted by Crippen LogP contribution is 2.29. The molecule has 0 aliphatic carbocycles. The Bertz CT molecular complexity index is 1030. The number of likely N-dealkylation sites (N-methyl/N-ethyl adjacent to an activating group) is 1. The van der Waals surface area contributed by atoms with Gasteiger partial charge in [-0.2, -0.15) is 0 Å². The Balaban J connectivity index is 1.79. The van der Waals surface area contributed by atoms with Gasteiger partial charge < -0.3 is 25.2 Å². The van der Waals surface area contributed by atoms with Crippen LogP contribution in [0.2, 0.25) is 5.02 Å². The highest BCUT2D eigenvalue weighted by atomic mass is 35.5. The van der Waals surface area contributed by atoms with Gasteiger partial charge in [0.05, 0.1) is 18.2 Å². The number of hydrogen-bond acceptors (Lipinski definition) is 6. The molecule has 1 aliphatic rings. The SMILES string of the molecule is C[C@H]1C(c2ccccc2)OC(=O)CC[C@H](O)[C@@H](O)C[C@@H](CC(=O)NCc2ccc(Cl)cc2)C(=O)N1C. The smallest absolute Gasteiger partial charge is 0.306 e. The van der Waals surface area contributed by atoms with E-state index in [1.165, 1.54) is 4.90 Å². The number of carbonyl (C=O) groups is 3. The van der Waals surface area contributed by atoms with Crippen LogP contribution in [0.1, 0.15) is 49.8 Å². The molecule has 1 saturated heterocycles. The van der Waals surface area contributed by atoms with Gasteiger partial charge in [0.15, 0.2) is 0 Å². The summed E-state index contributed by atoms with van der Waals surface area (Å²) in [5.41, 5.74) is 1.58. The quantitative estimate of drug-likeness (QED) is 0.526. The molecule has 2 aromatic carbocycles. The molecule has 2 amide bonds. The van der Waals surface area contributed by atoms with Gasteiger partial charge in [0, 0.05) is 37.4 Å². The Morgan fingerprint density at radius 1 is 1.08 bits per heavy atom. The van der Waals surface area contributed by atoms with Crippen molar-refractivity contribution in [3.8, 4) is 0 Å². The van der Waals surface area contributed by atoms with E-state index in [1.807, 2.05) is 30.3 Å². The van der Waals surface area contributed by atoms with Gasteiger partial charge >= 0.3 is 5.97 Å². The van der Waals surface area contributed by atoms with Crippen LogP contribution in [-0.2, 0) is 25.7 Å². The Hall–Kier alpha value is -2.94. The number of hydrogen-bond donors (Lipinski definition) is 3. The van der Waals surface area contributed by atoms with E-state index in [1.54, 1.807) is 38.2 Å². The number of aliphatic hydroxyl groups excluding tert-OH is 2. The second-order valence-electron chi connectivity index (χ2n) is 9.22. The van der Waals surface area contributed by atoms with Crippen molar-refractivity contribution < 1.29 is 29.3 Å². The molecular formula is C27H33ClN2O6. The zero-order chi connectivity index (χ0) is 26.2. The second kappa shape index (κ2) is 12.9. The number of halogens is 1. The Kier molecular flexibility index (Phi) is 9.87. The third kappa shape index (κ3) is 7.53. The zero-order valence-corrected chi connectivity index (χ0v) is 21.2. The van der Waals surface area contributed by atoms with E-state index in [0.29, 0.717) is 5.02 Å². The number of benzene rings is 2. The summed E-state index contributed by atoms with van der Waals surface area (Å²) in [4.78, 5) is 40.2. The summed E-state index contributed by atoms with van der Waals surface area (Å²) in [6.45, 7) is 2.04. The van der Waals surface area contributed by atoms with E-state index in [-0.39, 0.29) is 44.0 Å². The number of cyclic esters (lactones) is 1. The molecule has 5 atom stereocenters. The molecule has 0 saturated carbocycles. The maximum Gasteiger partial charge on any atom is 0.306 e. The van der Waals surface area contributed by atoms with Gasteiger partial charge in [-0.15, -0.1) is 0 Å². The standard InChI is InChI=1S/C27H33ClN2O6/c1-17-26(19-6-4-3-5-7-19)36-25(34)13-12-22(31)23(32)14-20(27(35)30(17)2)15-24(33)29-16-18-8-10-21(28)11-9-18/h3-11,17,20,22-23,26,31-32H,12-16H2,1-2H3,(H,29,33)/t17-,20-,22-,23-,26?/m0/s1. The molecule has 2 aromatic rings. The molecule has 1 unspecified atom stereocenters. The number of ether oxygens (including phenoxy) is 1. The molecule has 0 bridgehead atoms. The molecule has 8 nitrogen and oxygen atoms in total. The molecule has 0 radical (unpaired) electrons. The van der Waals surface area contributed by atoms with Crippen LogP contribution in [0.15, 0.2) is 54.6 Å². The van der Waals surface area contributed by atoms with Crippen molar-refractivity contribution in [3.05, 3.63) is 70.7 Å². The number of amides is 2. The Morgan fingerprint density at radius 3 is 2.42 bits per heavy atom. The van der Waals surface area contributed by atoms with Crippen molar-refractivity contribution >= 4 is 29.4 Å². The molecule has 0 spiro atoms. The molecule has 194 valence electrons. The van der Waals surface area contributed by atoms with Crippen LogP contribution in [-0.4, -0.2) is 58.2 Å². The van der Waals surface area contributed by atoms with E-state index in [9.17, 15) is 24.6 Å². The number of carbonyl (C=O) groups excluding carboxylic acids is 3. The fourth-order valence-corrected chi connectivity index (χ4v) is 4.38. The average molecular weight is 517 g/mol. The van der Waals surface area contributed by atoms with Crippen LogP contribution in [0.4, 0.5) is 0 Å². The number of aliphatic hydroxyl groups is 2. The van der Waals surface area contributed by atoms with E-state index < -0.39 is 36.2 Å². The van der Waals surface area contributed by atoms with E-state index in [4.69, 9.17) is 16.3 Å². The van der Waals surface area contributed by atoms with E-state index in [0.717, 1.165) is 11.1 Å². The van der Waals surface area contributed by atoms with Gasteiger partial charge in [0.25, 0.3) is 0 Å². The third-order valence-corrected chi connectivity index (χ3v) is 6.83. The van der Waals surface area contributed by atoms with Crippen LogP contribution in [0.25, 0.3) is 0 Å². The first-order valence-corrected chi connectivity index (χ1v) is 12.4. The summed E-state index contributed by atoms with van der Waals surface area (Å²) in [6.07, 6.45) is -3.62. The summed E-state index contributed by atoms with van der Waals surface area (Å²) in [7, 11) is 1.59. The Morgan fingerprint density at radius 2 is 1.75 bits per heavy atom. The van der Waals surface area contributed by atoms with Crippen LogP contribution in [0.5, 0.6) is 0 Å². The lowest BCUT2D eigenvalue weighted by Crippen LogP contribution is -2.46. The lowest BCUT2D eigenvalue weighted by Gasteiger charge is -2.35. The zero-order valence-electron chi connectivity index (χ0n) is 20.5. The fraction of sp³-hybridized carbons (Fsp3) is 0.444. The maximum absolute atomic E-state index is 13.5. The summed E-state index contributed by atoms with van der Waals surface area (Å²) < 4.78 is 5.72. The van der Waals surface area contributed by atoms with Crippen molar-refractivity contribution in [2.75, 3.05) is 7.05 Å².